The van der Waals surface area contributed by atoms with Crippen molar-refractivity contribution in [3.63, 3.8) is 0 Å². The second kappa shape index (κ2) is 6.70. The summed E-state index contributed by atoms with van der Waals surface area (Å²) in [6, 6.07) is 6.13. The van der Waals surface area contributed by atoms with Crippen molar-refractivity contribution >= 4 is 5.91 Å². The molecular weight excluding hydrogens is 259 g/mol. The molecule has 1 fully saturated rings. The third-order valence-corrected chi connectivity index (χ3v) is 3.51. The lowest BCUT2D eigenvalue weighted by molar-refractivity contribution is -0.134. The maximum atomic E-state index is 13.0. The molecule has 1 saturated heterocycles. The monoisotopic (exact) mass is 280 g/mol. The number of piperidine rings is 1. The van der Waals surface area contributed by atoms with Gasteiger partial charge in [-0.1, -0.05) is 6.07 Å². The van der Waals surface area contributed by atoms with Crippen LogP contribution in [0.2, 0.25) is 0 Å². The molecule has 1 N–H and O–H groups in total. The predicted molar refractivity (Wildman–Crippen MR) is 75.1 cm³/mol. The van der Waals surface area contributed by atoms with Crippen molar-refractivity contribution in [1.82, 2.24) is 10.2 Å². The first kappa shape index (κ1) is 14.8. The van der Waals surface area contributed by atoms with Gasteiger partial charge in [-0.3, -0.25) is 4.79 Å². The van der Waals surface area contributed by atoms with Crippen molar-refractivity contribution in [2.45, 2.75) is 6.42 Å². The quantitative estimate of drug-likeness (QED) is 0.909. The zero-order chi connectivity index (χ0) is 14.5. The smallest absolute Gasteiger partial charge is 0.226 e. The van der Waals surface area contributed by atoms with Crippen LogP contribution >= 0.6 is 0 Å². The van der Waals surface area contributed by atoms with Crippen molar-refractivity contribution in [2.75, 3.05) is 33.8 Å². The summed E-state index contributed by atoms with van der Waals surface area (Å²) in [5, 5.41) is 3.27. The van der Waals surface area contributed by atoms with Gasteiger partial charge in [-0.25, -0.2) is 4.39 Å². The number of hydrogen-bond acceptors (Lipinski definition) is 3. The third-order valence-electron chi connectivity index (χ3n) is 3.51. The van der Waals surface area contributed by atoms with Crippen LogP contribution in [-0.4, -0.2) is 44.6 Å². The summed E-state index contributed by atoms with van der Waals surface area (Å²) in [4.78, 5) is 13.6. The summed E-state index contributed by atoms with van der Waals surface area (Å²) in [6.07, 6.45) is 0.805. The summed E-state index contributed by atoms with van der Waals surface area (Å²) in [5.74, 6) is 0.643. The Kier molecular flexibility index (Phi) is 4.95. The van der Waals surface area contributed by atoms with Gasteiger partial charge in [0.2, 0.25) is 5.91 Å². The minimum Gasteiger partial charge on any atom is -0.493 e. The Morgan fingerprint density at radius 1 is 1.45 bits per heavy atom. The fraction of sp³-hybridized carbons (Fsp3) is 0.533. The average Bonchev–Trinajstić information content (AvgIpc) is 2.44. The Labute approximate surface area is 118 Å². The van der Waals surface area contributed by atoms with E-state index in [2.05, 4.69) is 5.32 Å². The number of ether oxygens (including phenoxy) is 1. The van der Waals surface area contributed by atoms with Crippen LogP contribution in [0.3, 0.4) is 0 Å². The lowest BCUT2D eigenvalue weighted by Gasteiger charge is -2.30. The first-order chi connectivity index (χ1) is 9.56. The number of halogens is 1. The molecule has 0 spiro atoms. The maximum Gasteiger partial charge on any atom is 0.226 e. The lowest BCUT2D eigenvalue weighted by Crippen LogP contribution is -2.45. The summed E-state index contributed by atoms with van der Waals surface area (Å²) >= 11 is 0. The number of amides is 1. The topological polar surface area (TPSA) is 41.6 Å². The van der Waals surface area contributed by atoms with Gasteiger partial charge < -0.3 is 15.0 Å². The first-order valence-electron chi connectivity index (χ1n) is 6.86. The molecule has 110 valence electrons. The number of carbonyl (C=O) groups is 1. The molecule has 0 aromatic heterocycles. The molecule has 0 saturated carbocycles. The van der Waals surface area contributed by atoms with E-state index in [1.807, 2.05) is 0 Å². The van der Waals surface area contributed by atoms with Gasteiger partial charge in [0.05, 0.1) is 12.5 Å². The van der Waals surface area contributed by atoms with Crippen molar-refractivity contribution in [2.24, 2.45) is 11.8 Å². The summed E-state index contributed by atoms with van der Waals surface area (Å²) in [7, 11) is 3.55. The van der Waals surface area contributed by atoms with E-state index < -0.39 is 0 Å². The average molecular weight is 280 g/mol. The Morgan fingerprint density at radius 3 is 2.95 bits per heavy atom. The van der Waals surface area contributed by atoms with Crippen LogP contribution in [0.1, 0.15) is 6.42 Å². The Balaban J connectivity index is 1.85. The zero-order valence-corrected chi connectivity index (χ0v) is 11.9. The van der Waals surface area contributed by atoms with Crippen LogP contribution in [0, 0.1) is 17.7 Å². The van der Waals surface area contributed by atoms with Crippen LogP contribution in [0.15, 0.2) is 24.3 Å². The van der Waals surface area contributed by atoms with Gasteiger partial charge in [-0.15, -0.1) is 0 Å². The van der Waals surface area contributed by atoms with Gasteiger partial charge in [0.15, 0.2) is 0 Å². The molecule has 1 aromatic rings. The van der Waals surface area contributed by atoms with Gasteiger partial charge >= 0.3 is 0 Å². The number of benzene rings is 1. The summed E-state index contributed by atoms with van der Waals surface area (Å²) in [6.45, 7) is 2.04. The van der Waals surface area contributed by atoms with E-state index in [9.17, 15) is 9.18 Å². The van der Waals surface area contributed by atoms with E-state index in [1.165, 1.54) is 12.1 Å². The van der Waals surface area contributed by atoms with Crippen molar-refractivity contribution in [1.29, 1.82) is 0 Å². The second-order valence-corrected chi connectivity index (χ2v) is 5.46. The van der Waals surface area contributed by atoms with Gasteiger partial charge in [-0.2, -0.15) is 0 Å². The highest BCUT2D eigenvalue weighted by atomic mass is 19.1. The van der Waals surface area contributed by atoms with E-state index in [-0.39, 0.29) is 23.6 Å². The first-order valence-corrected chi connectivity index (χ1v) is 6.86. The number of nitrogens with one attached hydrogen (secondary N) is 1. The minimum absolute atomic E-state index is 0.000130. The molecule has 1 amide bonds. The van der Waals surface area contributed by atoms with E-state index in [1.54, 1.807) is 31.1 Å². The Bertz CT molecular complexity index is 465. The number of hydrogen-bond donors (Lipinski definition) is 1. The van der Waals surface area contributed by atoms with E-state index in [0.29, 0.717) is 18.9 Å². The number of carbonyl (C=O) groups excluding carboxylic acids is 1. The maximum absolute atomic E-state index is 13.0. The molecule has 0 radical (unpaired) electrons. The molecule has 1 heterocycles. The molecule has 1 aromatic carbocycles. The molecule has 0 unspecified atom stereocenters. The lowest BCUT2D eigenvalue weighted by atomic mass is 9.90. The molecule has 20 heavy (non-hydrogen) atoms. The van der Waals surface area contributed by atoms with E-state index in [0.717, 1.165) is 13.0 Å². The molecule has 2 atom stereocenters. The molecule has 0 bridgehead atoms. The zero-order valence-electron chi connectivity index (χ0n) is 11.9. The highest BCUT2D eigenvalue weighted by Gasteiger charge is 2.28. The summed E-state index contributed by atoms with van der Waals surface area (Å²) in [5.41, 5.74) is 0. The minimum atomic E-state index is -0.301. The SMILES string of the molecule is CN(C)C(=O)[C@H]1CNC[C@@H](COc2cccc(F)c2)C1. The van der Waals surface area contributed by atoms with E-state index >= 15 is 0 Å². The largest absolute Gasteiger partial charge is 0.493 e. The summed E-state index contributed by atoms with van der Waals surface area (Å²) < 4.78 is 18.7. The molecule has 1 aliphatic rings. The highest BCUT2D eigenvalue weighted by molar-refractivity contribution is 5.78. The van der Waals surface area contributed by atoms with Crippen molar-refractivity contribution in [3.05, 3.63) is 30.1 Å². The fourth-order valence-electron chi connectivity index (χ4n) is 2.48. The van der Waals surface area contributed by atoms with E-state index in [4.69, 9.17) is 4.74 Å². The normalized spacial score (nSPS) is 22.4. The van der Waals surface area contributed by atoms with Crippen LogP contribution in [0.5, 0.6) is 5.75 Å². The van der Waals surface area contributed by atoms with Crippen LogP contribution in [0.25, 0.3) is 0 Å². The fourth-order valence-corrected chi connectivity index (χ4v) is 2.48. The van der Waals surface area contributed by atoms with Gasteiger partial charge in [0.25, 0.3) is 0 Å². The number of rotatable bonds is 4. The van der Waals surface area contributed by atoms with Crippen LogP contribution < -0.4 is 10.1 Å². The molecule has 2 rings (SSSR count). The van der Waals surface area contributed by atoms with Gasteiger partial charge in [0, 0.05) is 39.2 Å². The Hall–Kier alpha value is -1.62. The van der Waals surface area contributed by atoms with Crippen LogP contribution in [-0.2, 0) is 4.79 Å². The van der Waals surface area contributed by atoms with Gasteiger partial charge in [-0.05, 0) is 18.6 Å². The second-order valence-electron chi connectivity index (χ2n) is 5.46. The predicted octanol–water partition coefficient (Wildman–Crippen LogP) is 1.52. The highest BCUT2D eigenvalue weighted by Crippen LogP contribution is 2.20. The molecule has 5 heteroatoms. The molecule has 4 nitrogen and oxygen atoms in total. The standard InChI is InChI=1S/C15H21FN2O2/c1-18(2)15(19)12-6-11(8-17-9-12)10-20-14-5-3-4-13(16)7-14/h3-5,7,11-12,17H,6,8-10H2,1-2H3/t11-,12+/m0/s1. The van der Waals surface area contributed by atoms with Gasteiger partial charge in [0.1, 0.15) is 11.6 Å². The molecule has 1 aliphatic heterocycles. The number of nitrogens with zero attached hydrogens (tertiary/aromatic N) is 1. The molecule has 0 aliphatic carbocycles. The molecular formula is C15H21FN2O2. The van der Waals surface area contributed by atoms with Crippen molar-refractivity contribution in [3.8, 4) is 5.75 Å². The third kappa shape index (κ3) is 3.93. The Morgan fingerprint density at radius 2 is 2.25 bits per heavy atom. The van der Waals surface area contributed by atoms with Crippen molar-refractivity contribution < 1.29 is 13.9 Å². The van der Waals surface area contributed by atoms with Crippen LogP contribution in [0.4, 0.5) is 4.39 Å².